The number of methoxy groups -OCH3 is 1. The minimum Gasteiger partial charge on any atom is -0.469 e. The van der Waals surface area contributed by atoms with Gasteiger partial charge in [0.15, 0.2) is 0 Å². The van der Waals surface area contributed by atoms with Crippen LogP contribution in [0.1, 0.15) is 43.9 Å². The van der Waals surface area contributed by atoms with Crippen molar-refractivity contribution in [1.82, 2.24) is 9.97 Å². The summed E-state index contributed by atoms with van der Waals surface area (Å²) < 4.78 is 18.0. The number of rotatable bonds is 9. The fourth-order valence-corrected chi connectivity index (χ4v) is 3.03. The van der Waals surface area contributed by atoms with Crippen molar-refractivity contribution in [3.8, 4) is 11.3 Å². The lowest BCUT2D eigenvalue weighted by atomic mass is 9.97. The predicted octanol–water partition coefficient (Wildman–Crippen LogP) is 3.16. The number of carbonyl (C=O) groups is 1. The van der Waals surface area contributed by atoms with E-state index >= 15 is 0 Å². The molecule has 0 saturated heterocycles. The molecular formula is C23H30FN3O4. The Balaban J connectivity index is 2.45. The standard InChI is InChI=1S/C23H30FN3O4/c1-14(2)21-19(11-10-17(28)12-18(29)13-20(30)31-5)22(26-23(25-21)27(3)4)15-6-8-16(24)9-7-15/h6-11,14,17-18,28-29H,12-13H2,1-5H3/t17-,18-/m1/s1. The quantitative estimate of drug-likeness (QED) is 0.589. The molecule has 1 heterocycles. The van der Waals surface area contributed by atoms with Crippen molar-refractivity contribution in [3.63, 3.8) is 0 Å². The van der Waals surface area contributed by atoms with E-state index in [2.05, 4.69) is 14.7 Å². The molecule has 0 bridgehead atoms. The largest absolute Gasteiger partial charge is 0.469 e. The van der Waals surface area contributed by atoms with Gasteiger partial charge in [0.25, 0.3) is 0 Å². The Morgan fingerprint density at radius 3 is 2.39 bits per heavy atom. The normalized spacial score (nSPS) is 13.5. The van der Waals surface area contributed by atoms with E-state index < -0.39 is 18.2 Å². The summed E-state index contributed by atoms with van der Waals surface area (Å²) in [5.74, 6) is -0.310. The van der Waals surface area contributed by atoms with Gasteiger partial charge in [-0.15, -0.1) is 0 Å². The van der Waals surface area contributed by atoms with Crippen LogP contribution in [0.15, 0.2) is 30.3 Å². The first kappa shape index (κ1) is 24.4. The molecule has 8 heteroatoms. The lowest BCUT2D eigenvalue weighted by Gasteiger charge is -2.19. The van der Waals surface area contributed by atoms with Gasteiger partial charge in [0.1, 0.15) is 5.82 Å². The summed E-state index contributed by atoms with van der Waals surface area (Å²) in [6, 6.07) is 6.03. The number of halogens is 1. The maximum Gasteiger partial charge on any atom is 0.308 e. The summed E-state index contributed by atoms with van der Waals surface area (Å²) in [7, 11) is 4.93. The van der Waals surface area contributed by atoms with Gasteiger partial charge in [0.2, 0.25) is 5.95 Å². The molecule has 168 valence electrons. The number of anilines is 1. The van der Waals surface area contributed by atoms with E-state index in [-0.39, 0.29) is 24.6 Å². The Bertz CT molecular complexity index is 914. The van der Waals surface area contributed by atoms with Crippen molar-refractivity contribution < 1.29 is 24.1 Å². The molecule has 0 saturated carbocycles. The summed E-state index contributed by atoms with van der Waals surface area (Å²) in [5.41, 5.74) is 2.81. The van der Waals surface area contributed by atoms with Gasteiger partial charge in [0.05, 0.1) is 37.1 Å². The van der Waals surface area contributed by atoms with Gasteiger partial charge in [-0.2, -0.15) is 0 Å². The molecule has 0 aliphatic carbocycles. The second-order valence-corrected chi connectivity index (χ2v) is 7.82. The Kier molecular flexibility index (Phi) is 8.65. The summed E-state index contributed by atoms with van der Waals surface area (Å²) in [5, 5.41) is 20.3. The number of aliphatic hydroxyl groups is 2. The molecule has 31 heavy (non-hydrogen) atoms. The third kappa shape index (κ3) is 6.83. The fraction of sp³-hybridized carbons (Fsp3) is 0.435. The Labute approximate surface area is 182 Å². The number of hydrogen-bond acceptors (Lipinski definition) is 7. The van der Waals surface area contributed by atoms with E-state index in [1.807, 2.05) is 27.9 Å². The highest BCUT2D eigenvalue weighted by Gasteiger charge is 2.19. The molecule has 1 aromatic carbocycles. The average Bonchev–Trinajstić information content (AvgIpc) is 2.71. The number of nitrogens with zero attached hydrogens (tertiary/aromatic N) is 3. The van der Waals surface area contributed by atoms with E-state index in [9.17, 15) is 19.4 Å². The van der Waals surface area contributed by atoms with Gasteiger partial charge in [-0.25, -0.2) is 14.4 Å². The lowest BCUT2D eigenvalue weighted by molar-refractivity contribution is -0.143. The highest BCUT2D eigenvalue weighted by atomic mass is 19.1. The van der Waals surface area contributed by atoms with Crippen LogP contribution in [0.3, 0.4) is 0 Å². The van der Waals surface area contributed by atoms with Crippen LogP contribution in [0.5, 0.6) is 0 Å². The zero-order valence-electron chi connectivity index (χ0n) is 18.5. The van der Waals surface area contributed by atoms with E-state index in [4.69, 9.17) is 0 Å². The molecule has 0 unspecified atom stereocenters. The van der Waals surface area contributed by atoms with Crippen molar-refractivity contribution in [2.75, 3.05) is 26.1 Å². The van der Waals surface area contributed by atoms with E-state index in [1.54, 1.807) is 23.1 Å². The maximum atomic E-state index is 13.5. The summed E-state index contributed by atoms with van der Waals surface area (Å²) in [6.45, 7) is 4.01. The first-order chi connectivity index (χ1) is 14.6. The minimum absolute atomic E-state index is 0.0227. The van der Waals surface area contributed by atoms with Crippen LogP contribution >= 0.6 is 0 Å². The average molecular weight is 432 g/mol. The number of aliphatic hydroxyl groups excluding tert-OH is 2. The molecule has 7 nitrogen and oxygen atoms in total. The number of hydrogen-bond donors (Lipinski definition) is 2. The number of carbonyl (C=O) groups excluding carboxylic acids is 1. The SMILES string of the molecule is COC(=O)C[C@H](O)C[C@H](O)C=Cc1c(-c2ccc(F)cc2)nc(N(C)C)nc1C(C)C. The van der Waals surface area contributed by atoms with Gasteiger partial charge in [0, 0.05) is 31.6 Å². The van der Waals surface area contributed by atoms with E-state index in [0.717, 1.165) is 5.69 Å². The summed E-state index contributed by atoms with van der Waals surface area (Å²) in [4.78, 5) is 22.4. The molecule has 0 amide bonds. The molecular weight excluding hydrogens is 401 g/mol. The molecule has 0 aliphatic heterocycles. The molecule has 2 atom stereocenters. The van der Waals surface area contributed by atoms with Crippen LogP contribution in [0.4, 0.5) is 10.3 Å². The van der Waals surface area contributed by atoms with Crippen LogP contribution in [0.25, 0.3) is 17.3 Å². The first-order valence-electron chi connectivity index (χ1n) is 10.1. The molecule has 0 fully saturated rings. The predicted molar refractivity (Wildman–Crippen MR) is 118 cm³/mol. The molecule has 0 spiro atoms. The van der Waals surface area contributed by atoms with Gasteiger partial charge >= 0.3 is 5.97 Å². The third-order valence-electron chi connectivity index (χ3n) is 4.66. The lowest BCUT2D eigenvalue weighted by Crippen LogP contribution is -2.20. The molecule has 2 rings (SSSR count). The van der Waals surface area contributed by atoms with Gasteiger partial charge in [-0.05, 0) is 30.2 Å². The van der Waals surface area contributed by atoms with Crippen LogP contribution in [-0.2, 0) is 9.53 Å². The van der Waals surface area contributed by atoms with Crippen molar-refractivity contribution in [1.29, 1.82) is 0 Å². The Morgan fingerprint density at radius 2 is 1.84 bits per heavy atom. The molecule has 1 aromatic heterocycles. The van der Waals surface area contributed by atoms with Crippen molar-refractivity contribution in [2.45, 2.75) is 44.8 Å². The number of ether oxygens (including phenoxy) is 1. The van der Waals surface area contributed by atoms with Crippen molar-refractivity contribution >= 4 is 18.0 Å². The smallest absolute Gasteiger partial charge is 0.308 e. The first-order valence-corrected chi connectivity index (χ1v) is 10.1. The molecule has 0 aliphatic rings. The van der Waals surface area contributed by atoms with Crippen molar-refractivity contribution in [3.05, 3.63) is 47.4 Å². The summed E-state index contributed by atoms with van der Waals surface area (Å²) in [6.07, 6.45) is 1.01. The topological polar surface area (TPSA) is 95.8 Å². The second kappa shape index (κ2) is 11.0. The number of benzene rings is 1. The van der Waals surface area contributed by atoms with Gasteiger partial charge in [-0.3, -0.25) is 4.79 Å². The highest BCUT2D eigenvalue weighted by molar-refractivity contribution is 5.75. The molecule has 2 aromatic rings. The number of esters is 1. The Morgan fingerprint density at radius 1 is 1.19 bits per heavy atom. The van der Waals surface area contributed by atoms with Crippen molar-refractivity contribution in [2.24, 2.45) is 0 Å². The monoisotopic (exact) mass is 431 g/mol. The second-order valence-electron chi connectivity index (χ2n) is 7.82. The van der Waals surface area contributed by atoms with Crippen LogP contribution in [0, 0.1) is 5.82 Å². The van der Waals surface area contributed by atoms with Gasteiger partial charge < -0.3 is 19.8 Å². The minimum atomic E-state index is -1.03. The molecule has 0 radical (unpaired) electrons. The number of aromatic nitrogens is 2. The van der Waals surface area contributed by atoms with Gasteiger partial charge in [-0.1, -0.05) is 26.0 Å². The maximum absolute atomic E-state index is 13.5. The van der Waals surface area contributed by atoms with Crippen LogP contribution in [-0.4, -0.2) is 59.6 Å². The molecule has 2 N–H and O–H groups in total. The Hall–Kier alpha value is -2.84. The van der Waals surface area contributed by atoms with E-state index in [1.165, 1.54) is 25.3 Å². The highest BCUT2D eigenvalue weighted by Crippen LogP contribution is 2.31. The third-order valence-corrected chi connectivity index (χ3v) is 4.66. The summed E-state index contributed by atoms with van der Waals surface area (Å²) >= 11 is 0. The van der Waals surface area contributed by atoms with E-state index in [0.29, 0.717) is 22.8 Å². The van der Waals surface area contributed by atoms with Crippen LogP contribution < -0.4 is 4.90 Å². The zero-order valence-corrected chi connectivity index (χ0v) is 18.5. The zero-order chi connectivity index (χ0) is 23.1. The fourth-order valence-electron chi connectivity index (χ4n) is 3.03. The van der Waals surface area contributed by atoms with Crippen LogP contribution in [0.2, 0.25) is 0 Å².